The van der Waals surface area contributed by atoms with E-state index < -0.39 is 0 Å². The van der Waals surface area contributed by atoms with E-state index in [2.05, 4.69) is 21.0 Å². The van der Waals surface area contributed by atoms with Crippen LogP contribution in [0.5, 0.6) is 0 Å². The van der Waals surface area contributed by atoms with Crippen molar-refractivity contribution < 1.29 is 9.59 Å². The first-order valence-electron chi connectivity index (χ1n) is 8.05. The van der Waals surface area contributed by atoms with Gasteiger partial charge in [-0.1, -0.05) is 11.6 Å². The molecule has 1 fully saturated rings. The van der Waals surface area contributed by atoms with Crippen LogP contribution in [-0.4, -0.2) is 41.2 Å². The summed E-state index contributed by atoms with van der Waals surface area (Å²) in [5, 5.41) is 13.4. The molecule has 1 aliphatic rings. The Kier molecular flexibility index (Phi) is 5.35. The molecule has 2 heterocycles. The summed E-state index contributed by atoms with van der Waals surface area (Å²) in [6.45, 7) is 1.24. The number of carbonyl (C=O) groups excluding carboxylic acids is 2. The van der Waals surface area contributed by atoms with Crippen molar-refractivity contribution >= 4 is 29.1 Å². The molecule has 1 aliphatic heterocycles. The highest BCUT2D eigenvalue weighted by Crippen LogP contribution is 2.27. The van der Waals surface area contributed by atoms with E-state index in [-0.39, 0.29) is 30.2 Å². The van der Waals surface area contributed by atoms with Gasteiger partial charge in [0.15, 0.2) is 0 Å². The zero-order valence-electron chi connectivity index (χ0n) is 13.8. The summed E-state index contributed by atoms with van der Waals surface area (Å²) in [5.41, 5.74) is 1.66. The molecule has 3 rings (SSSR count). The number of hydrogen-bond donors (Lipinski definition) is 3. The maximum atomic E-state index is 12.5. The Hall–Kier alpha value is -2.38. The fourth-order valence-corrected chi connectivity index (χ4v) is 3.10. The molecule has 1 aromatic heterocycles. The van der Waals surface area contributed by atoms with Gasteiger partial charge in [0.2, 0.25) is 11.8 Å². The third kappa shape index (κ3) is 4.37. The van der Waals surface area contributed by atoms with Crippen LogP contribution in [0.3, 0.4) is 0 Å². The van der Waals surface area contributed by atoms with Crippen molar-refractivity contribution in [2.24, 2.45) is 13.0 Å². The van der Waals surface area contributed by atoms with Crippen LogP contribution in [-0.2, 0) is 16.6 Å². The third-order valence-electron chi connectivity index (χ3n) is 4.26. The van der Waals surface area contributed by atoms with E-state index in [9.17, 15) is 9.59 Å². The largest absolute Gasteiger partial charge is 0.347 e. The number of anilines is 1. The first-order chi connectivity index (χ1) is 12.0. The van der Waals surface area contributed by atoms with Crippen LogP contribution in [0.4, 0.5) is 5.69 Å². The fraction of sp³-hybridized carbons (Fsp3) is 0.353. The van der Waals surface area contributed by atoms with Gasteiger partial charge >= 0.3 is 0 Å². The highest BCUT2D eigenvalue weighted by Gasteiger charge is 2.34. The molecule has 0 aliphatic carbocycles. The Balaban J connectivity index is 1.53. The van der Waals surface area contributed by atoms with E-state index in [1.54, 1.807) is 35.1 Å². The van der Waals surface area contributed by atoms with E-state index >= 15 is 0 Å². The predicted molar refractivity (Wildman–Crippen MR) is 95.4 cm³/mol. The minimum Gasteiger partial charge on any atom is -0.347 e. The van der Waals surface area contributed by atoms with Gasteiger partial charge in [0, 0.05) is 43.0 Å². The predicted octanol–water partition coefficient (Wildman–Crippen LogP) is 1.13. The molecule has 0 spiro atoms. The molecule has 2 aromatic rings. The zero-order valence-corrected chi connectivity index (χ0v) is 14.6. The molecule has 0 bridgehead atoms. The average molecular weight is 362 g/mol. The van der Waals surface area contributed by atoms with Crippen molar-refractivity contribution in [3.63, 3.8) is 0 Å². The number of carbonyl (C=O) groups is 2. The summed E-state index contributed by atoms with van der Waals surface area (Å²) in [6.07, 6.45) is 3.70. The summed E-state index contributed by atoms with van der Waals surface area (Å²) in [5.74, 6) is -0.565. The number of benzene rings is 1. The van der Waals surface area contributed by atoms with Gasteiger partial charge in [-0.2, -0.15) is 5.10 Å². The Labute approximate surface area is 150 Å². The molecule has 2 atom stereocenters. The second-order valence-corrected chi connectivity index (χ2v) is 6.53. The topological polar surface area (TPSA) is 88.0 Å². The number of nitrogens with one attached hydrogen (secondary N) is 3. The molecule has 1 saturated heterocycles. The highest BCUT2D eigenvalue weighted by atomic mass is 35.5. The standard InChI is InChI=1S/C17H20ClN5O2/c1-23-10-11(6-21-23)14-7-19-8-15(14)17(25)20-9-16(24)22-13-4-2-12(18)3-5-13/h2-6,10,14-15,19H,7-9H2,1H3,(H,20,25)(H,22,24)/t14-,15+/m1/s1. The lowest BCUT2D eigenvalue weighted by molar-refractivity contribution is -0.127. The molecule has 0 unspecified atom stereocenters. The van der Waals surface area contributed by atoms with Gasteiger partial charge < -0.3 is 16.0 Å². The van der Waals surface area contributed by atoms with E-state index in [1.165, 1.54) is 0 Å². The minimum absolute atomic E-state index is 0.0630. The summed E-state index contributed by atoms with van der Waals surface area (Å²) in [7, 11) is 1.85. The summed E-state index contributed by atoms with van der Waals surface area (Å²) >= 11 is 5.81. The van der Waals surface area contributed by atoms with E-state index in [1.807, 2.05) is 13.2 Å². The Morgan fingerprint density at radius 3 is 2.76 bits per heavy atom. The van der Waals surface area contributed by atoms with Crippen LogP contribution in [0, 0.1) is 5.92 Å². The van der Waals surface area contributed by atoms with Crippen molar-refractivity contribution in [3.05, 3.63) is 47.2 Å². The number of nitrogens with zero attached hydrogens (tertiary/aromatic N) is 2. The average Bonchev–Trinajstić information content (AvgIpc) is 3.23. The van der Waals surface area contributed by atoms with Gasteiger partial charge in [0.25, 0.3) is 0 Å². The number of rotatable bonds is 5. The molecule has 2 amide bonds. The molecule has 25 heavy (non-hydrogen) atoms. The van der Waals surface area contributed by atoms with E-state index in [4.69, 9.17) is 11.6 Å². The number of amides is 2. The van der Waals surface area contributed by atoms with E-state index in [0.717, 1.165) is 12.1 Å². The minimum atomic E-state index is -0.278. The number of aryl methyl sites for hydroxylation is 1. The summed E-state index contributed by atoms with van der Waals surface area (Å²) in [4.78, 5) is 24.4. The van der Waals surface area contributed by atoms with Gasteiger partial charge in [-0.15, -0.1) is 0 Å². The molecular formula is C17H20ClN5O2. The maximum Gasteiger partial charge on any atom is 0.243 e. The fourth-order valence-electron chi connectivity index (χ4n) is 2.97. The monoisotopic (exact) mass is 361 g/mol. The van der Waals surface area contributed by atoms with Crippen LogP contribution < -0.4 is 16.0 Å². The molecule has 132 valence electrons. The molecule has 7 nitrogen and oxygen atoms in total. The lowest BCUT2D eigenvalue weighted by Gasteiger charge is -2.17. The van der Waals surface area contributed by atoms with Crippen molar-refractivity contribution in [1.29, 1.82) is 0 Å². The summed E-state index contributed by atoms with van der Waals surface area (Å²) in [6, 6.07) is 6.81. The van der Waals surface area contributed by atoms with Crippen LogP contribution in [0.25, 0.3) is 0 Å². The molecule has 1 aromatic carbocycles. The smallest absolute Gasteiger partial charge is 0.243 e. The van der Waals surface area contributed by atoms with Gasteiger partial charge in [-0.25, -0.2) is 0 Å². The SMILES string of the molecule is Cn1cc([C@H]2CNC[C@@H]2C(=O)NCC(=O)Nc2ccc(Cl)cc2)cn1. The number of hydrogen-bond acceptors (Lipinski definition) is 4. The first kappa shape index (κ1) is 17.4. The molecule has 8 heteroatoms. The zero-order chi connectivity index (χ0) is 17.8. The van der Waals surface area contributed by atoms with Crippen molar-refractivity contribution in [2.45, 2.75) is 5.92 Å². The van der Waals surface area contributed by atoms with Crippen LogP contribution >= 0.6 is 11.6 Å². The quantitative estimate of drug-likeness (QED) is 0.745. The van der Waals surface area contributed by atoms with Gasteiger partial charge in [0.05, 0.1) is 18.7 Å². The van der Waals surface area contributed by atoms with Crippen molar-refractivity contribution in [1.82, 2.24) is 20.4 Å². The number of halogens is 1. The van der Waals surface area contributed by atoms with Crippen LogP contribution in [0.15, 0.2) is 36.7 Å². The second kappa shape index (κ2) is 7.67. The lowest BCUT2D eigenvalue weighted by atomic mass is 9.90. The van der Waals surface area contributed by atoms with E-state index in [0.29, 0.717) is 17.3 Å². The normalized spacial score (nSPS) is 19.6. The van der Waals surface area contributed by atoms with Crippen LogP contribution in [0.2, 0.25) is 5.02 Å². The van der Waals surface area contributed by atoms with Crippen LogP contribution in [0.1, 0.15) is 11.5 Å². The van der Waals surface area contributed by atoms with Gasteiger partial charge in [-0.05, 0) is 29.8 Å². The summed E-state index contributed by atoms with van der Waals surface area (Å²) < 4.78 is 1.72. The Morgan fingerprint density at radius 1 is 1.32 bits per heavy atom. The van der Waals surface area contributed by atoms with Gasteiger partial charge in [0.1, 0.15) is 0 Å². The first-order valence-corrected chi connectivity index (χ1v) is 8.43. The Morgan fingerprint density at radius 2 is 2.08 bits per heavy atom. The maximum absolute atomic E-state index is 12.5. The number of aromatic nitrogens is 2. The second-order valence-electron chi connectivity index (χ2n) is 6.09. The Bertz CT molecular complexity index is 759. The lowest BCUT2D eigenvalue weighted by Crippen LogP contribution is -2.39. The molecular weight excluding hydrogens is 342 g/mol. The highest BCUT2D eigenvalue weighted by molar-refractivity contribution is 6.30. The van der Waals surface area contributed by atoms with Gasteiger partial charge in [-0.3, -0.25) is 14.3 Å². The molecule has 3 N–H and O–H groups in total. The van der Waals surface area contributed by atoms with Crippen molar-refractivity contribution in [3.8, 4) is 0 Å². The third-order valence-corrected chi connectivity index (χ3v) is 4.51. The van der Waals surface area contributed by atoms with Crippen molar-refractivity contribution in [2.75, 3.05) is 25.0 Å². The molecule has 0 saturated carbocycles. The molecule has 0 radical (unpaired) electrons.